The van der Waals surface area contributed by atoms with E-state index >= 15 is 0 Å². The summed E-state index contributed by atoms with van der Waals surface area (Å²) in [5.74, 6) is -0.488. The van der Waals surface area contributed by atoms with Crippen molar-refractivity contribution in [1.82, 2.24) is 0 Å². The second-order valence-corrected chi connectivity index (χ2v) is 10.4. The number of nitrogens with zero attached hydrogens (tertiary/aromatic N) is 1. The van der Waals surface area contributed by atoms with Crippen LogP contribution in [0.15, 0.2) is 83.8 Å². The van der Waals surface area contributed by atoms with Crippen LogP contribution >= 0.6 is 0 Å². The molecule has 3 aromatic carbocycles. The van der Waals surface area contributed by atoms with Gasteiger partial charge in [-0.3, -0.25) is 4.31 Å². The number of ether oxygens (including phenoxy) is 2. The monoisotopic (exact) mass is 549 g/mol. The predicted molar refractivity (Wildman–Crippen MR) is 132 cm³/mol. The number of aryl methyl sites for hydroxylation is 1. The molecule has 1 aliphatic heterocycles. The first-order valence-corrected chi connectivity index (χ1v) is 12.9. The normalized spacial score (nSPS) is 18.7. The molecule has 0 saturated heterocycles. The minimum atomic E-state index is -5.06. The van der Waals surface area contributed by atoms with E-state index in [4.69, 9.17) is 4.74 Å². The maximum absolute atomic E-state index is 14.1. The number of rotatable bonds is 3. The fourth-order valence-corrected chi connectivity index (χ4v) is 5.43. The Bertz CT molecular complexity index is 1440. The molecule has 0 spiro atoms. The van der Waals surface area contributed by atoms with Crippen LogP contribution in [0.2, 0.25) is 0 Å². The zero-order valence-electron chi connectivity index (χ0n) is 20.1. The molecule has 0 amide bonds. The number of fused-ring (bicyclic) bond motifs is 1. The topological polar surface area (TPSA) is 72.9 Å². The molecular weight excluding hydrogens is 526 g/mol. The van der Waals surface area contributed by atoms with Crippen molar-refractivity contribution >= 4 is 27.4 Å². The number of carbonyl (C=O) groups is 1. The number of hydrogen-bond donors (Lipinski definition) is 0. The molecule has 38 heavy (non-hydrogen) atoms. The van der Waals surface area contributed by atoms with Crippen molar-refractivity contribution in [2.75, 3.05) is 17.5 Å². The first-order chi connectivity index (χ1) is 18.0. The van der Waals surface area contributed by atoms with Crippen molar-refractivity contribution < 1.29 is 40.2 Å². The van der Waals surface area contributed by atoms with E-state index in [9.17, 15) is 30.8 Å². The number of cyclic esters (lactones) is 2. The number of halogens is 4. The number of hydrogen-bond acceptors (Lipinski definition) is 5. The molecule has 200 valence electrons. The van der Waals surface area contributed by atoms with Gasteiger partial charge in [0.1, 0.15) is 5.82 Å². The molecule has 11 heteroatoms. The zero-order chi connectivity index (χ0) is 27.5. The molecule has 0 unspecified atom stereocenters. The lowest BCUT2D eigenvalue weighted by molar-refractivity contribution is -0.211. The van der Waals surface area contributed by atoms with Crippen LogP contribution in [-0.4, -0.2) is 33.9 Å². The second-order valence-electron chi connectivity index (χ2n) is 8.53. The summed E-state index contributed by atoms with van der Waals surface area (Å²) in [4.78, 5) is 12.1. The van der Waals surface area contributed by atoms with E-state index in [0.29, 0.717) is 11.1 Å². The van der Waals surface area contributed by atoms with Gasteiger partial charge in [0.15, 0.2) is 0 Å². The molecule has 1 aliphatic rings. The molecule has 0 radical (unpaired) electrons. The van der Waals surface area contributed by atoms with Crippen LogP contribution in [0.1, 0.15) is 29.2 Å². The molecule has 3 aromatic rings. The molecular formula is C27H23F4NO5S. The van der Waals surface area contributed by atoms with Gasteiger partial charge in [0.2, 0.25) is 6.10 Å². The van der Waals surface area contributed by atoms with E-state index in [1.165, 1.54) is 60.7 Å². The molecule has 4 rings (SSSR count). The van der Waals surface area contributed by atoms with E-state index < -0.39 is 39.8 Å². The Labute approximate surface area is 217 Å². The SMILES string of the molecule is Cc1ccc(S(=O)(=O)N2C/C=C(/c3ccc(F)cc3)CCOC(=O)O[C@H](C(F)(F)F)c3ccccc32)cc1. The highest BCUT2D eigenvalue weighted by atomic mass is 32.2. The summed E-state index contributed by atoms with van der Waals surface area (Å²) in [6.45, 7) is 1.06. The molecule has 0 saturated carbocycles. The largest absolute Gasteiger partial charge is 0.509 e. The zero-order valence-corrected chi connectivity index (χ0v) is 20.9. The van der Waals surface area contributed by atoms with Gasteiger partial charge < -0.3 is 9.47 Å². The van der Waals surface area contributed by atoms with E-state index in [2.05, 4.69) is 4.74 Å². The van der Waals surface area contributed by atoms with Crippen LogP contribution in [0.3, 0.4) is 0 Å². The lowest BCUT2D eigenvalue weighted by Crippen LogP contribution is -2.35. The van der Waals surface area contributed by atoms with Crippen LogP contribution in [-0.2, 0) is 19.5 Å². The summed E-state index contributed by atoms with van der Waals surface area (Å²) >= 11 is 0. The van der Waals surface area contributed by atoms with Crippen molar-refractivity contribution in [3.63, 3.8) is 0 Å². The highest BCUT2D eigenvalue weighted by molar-refractivity contribution is 7.92. The standard InChI is InChI=1S/C27H23F4NO5S/c1-18-6-12-22(13-7-18)38(34,35)32-16-14-20(19-8-10-21(28)11-9-19)15-17-36-26(33)37-25(27(29,30)31)23-4-2-3-5-24(23)32/h2-14,25H,15-17H2,1H3/b20-14+/t25-/m0/s1. The van der Waals surface area contributed by atoms with Gasteiger partial charge in [-0.2, -0.15) is 13.2 Å². The van der Waals surface area contributed by atoms with Gasteiger partial charge in [-0.05, 0) is 48.4 Å². The Hall–Kier alpha value is -3.86. The van der Waals surface area contributed by atoms with Gasteiger partial charge in [0, 0.05) is 12.0 Å². The third kappa shape index (κ3) is 5.99. The Morgan fingerprint density at radius 1 is 0.947 bits per heavy atom. The highest BCUT2D eigenvalue weighted by Gasteiger charge is 2.47. The molecule has 0 aromatic heterocycles. The maximum Gasteiger partial charge on any atom is 0.509 e. The third-order valence-corrected chi connectivity index (χ3v) is 7.71. The quantitative estimate of drug-likeness (QED) is 0.273. The molecule has 1 atom stereocenters. The van der Waals surface area contributed by atoms with Gasteiger partial charge in [-0.15, -0.1) is 0 Å². The number of para-hydroxylation sites is 1. The van der Waals surface area contributed by atoms with Gasteiger partial charge in [-0.1, -0.05) is 54.1 Å². The van der Waals surface area contributed by atoms with Crippen LogP contribution in [0.4, 0.5) is 28.0 Å². The van der Waals surface area contributed by atoms with Gasteiger partial charge in [0.05, 0.1) is 23.7 Å². The summed E-state index contributed by atoms with van der Waals surface area (Å²) < 4.78 is 93.8. The van der Waals surface area contributed by atoms with Gasteiger partial charge >= 0.3 is 12.3 Å². The summed E-state index contributed by atoms with van der Waals surface area (Å²) in [5.41, 5.74) is 0.908. The molecule has 0 bridgehead atoms. The maximum atomic E-state index is 14.1. The van der Waals surface area contributed by atoms with Crippen LogP contribution in [0.5, 0.6) is 0 Å². The molecule has 0 N–H and O–H groups in total. The highest BCUT2D eigenvalue weighted by Crippen LogP contribution is 2.42. The van der Waals surface area contributed by atoms with Crippen molar-refractivity contribution in [2.24, 2.45) is 0 Å². The van der Waals surface area contributed by atoms with Crippen molar-refractivity contribution in [3.8, 4) is 0 Å². The second kappa shape index (κ2) is 10.9. The lowest BCUT2D eigenvalue weighted by atomic mass is 10.0. The number of sulfonamides is 1. The molecule has 0 fully saturated rings. The van der Waals surface area contributed by atoms with E-state index in [1.807, 2.05) is 0 Å². The van der Waals surface area contributed by atoms with Crippen LogP contribution in [0.25, 0.3) is 5.57 Å². The van der Waals surface area contributed by atoms with E-state index in [-0.39, 0.29) is 30.2 Å². The minimum Gasteiger partial charge on any atom is -0.434 e. The number of carbonyl (C=O) groups excluding carboxylic acids is 1. The lowest BCUT2D eigenvalue weighted by Gasteiger charge is -2.30. The van der Waals surface area contributed by atoms with Crippen molar-refractivity contribution in [2.45, 2.75) is 30.5 Å². The summed E-state index contributed by atoms with van der Waals surface area (Å²) in [6.07, 6.45) is -7.88. The number of anilines is 1. The van der Waals surface area contributed by atoms with Gasteiger partial charge in [0.25, 0.3) is 10.0 Å². The van der Waals surface area contributed by atoms with E-state index in [0.717, 1.165) is 15.9 Å². The van der Waals surface area contributed by atoms with E-state index in [1.54, 1.807) is 19.1 Å². The number of benzene rings is 3. The Kier molecular flexibility index (Phi) is 7.77. The van der Waals surface area contributed by atoms with Crippen molar-refractivity contribution in [1.29, 1.82) is 0 Å². The summed E-state index contributed by atoms with van der Waals surface area (Å²) in [7, 11) is -4.39. The molecule has 1 heterocycles. The van der Waals surface area contributed by atoms with Gasteiger partial charge in [-0.25, -0.2) is 17.6 Å². The Balaban J connectivity index is 1.92. The van der Waals surface area contributed by atoms with Crippen LogP contribution in [0, 0.1) is 12.7 Å². The summed E-state index contributed by atoms with van der Waals surface area (Å²) in [6, 6.07) is 16.2. The average Bonchev–Trinajstić information content (AvgIpc) is 2.86. The minimum absolute atomic E-state index is 0.0114. The smallest absolute Gasteiger partial charge is 0.434 e. The average molecular weight is 550 g/mol. The Morgan fingerprint density at radius 2 is 1.61 bits per heavy atom. The fourth-order valence-electron chi connectivity index (χ4n) is 4.00. The third-order valence-electron chi connectivity index (χ3n) is 5.92. The predicted octanol–water partition coefficient (Wildman–Crippen LogP) is 6.57. The first-order valence-electron chi connectivity index (χ1n) is 11.5. The van der Waals surface area contributed by atoms with Crippen LogP contribution < -0.4 is 4.31 Å². The first kappa shape index (κ1) is 27.2. The molecule has 6 nitrogen and oxygen atoms in total. The van der Waals surface area contributed by atoms with Crippen molar-refractivity contribution in [3.05, 3.63) is 101 Å². The number of alkyl halides is 3. The summed E-state index contributed by atoms with van der Waals surface area (Å²) in [5, 5.41) is 0. The fraction of sp³-hybridized carbons (Fsp3) is 0.222. The molecule has 0 aliphatic carbocycles. The Morgan fingerprint density at radius 3 is 2.26 bits per heavy atom.